The van der Waals surface area contributed by atoms with Gasteiger partial charge in [0.15, 0.2) is 0 Å². The van der Waals surface area contributed by atoms with E-state index in [-0.39, 0.29) is 5.91 Å². The van der Waals surface area contributed by atoms with Crippen LogP contribution >= 0.6 is 33.9 Å². The molecule has 0 fully saturated rings. The molecule has 18 heavy (non-hydrogen) atoms. The number of hydrogen-bond acceptors (Lipinski definition) is 2. The molecule has 0 aliphatic carbocycles. The fourth-order valence-corrected chi connectivity index (χ4v) is 3.06. The standard InChI is InChI=1S/C14H14INOS/c1-9(2)11-5-3-4-6-12(11)16-14(17)10-7-13(15)18-8-10/h3-9H,1-2H3,(H,16,17). The van der Waals surface area contributed by atoms with Crippen molar-refractivity contribution in [3.63, 3.8) is 0 Å². The van der Waals surface area contributed by atoms with Gasteiger partial charge in [0.2, 0.25) is 0 Å². The Morgan fingerprint density at radius 3 is 2.67 bits per heavy atom. The van der Waals surface area contributed by atoms with E-state index in [4.69, 9.17) is 0 Å². The fourth-order valence-electron chi connectivity index (χ4n) is 1.74. The summed E-state index contributed by atoms with van der Waals surface area (Å²) in [5, 5.41) is 4.87. The average Bonchev–Trinajstić information content (AvgIpc) is 2.76. The molecule has 0 atom stereocenters. The third-order valence-electron chi connectivity index (χ3n) is 2.66. The summed E-state index contributed by atoms with van der Waals surface area (Å²) >= 11 is 3.80. The number of halogens is 1. The molecule has 0 bridgehead atoms. The van der Waals surface area contributed by atoms with Gasteiger partial charge in [0.1, 0.15) is 0 Å². The van der Waals surface area contributed by atoms with Gasteiger partial charge in [-0.1, -0.05) is 32.0 Å². The molecule has 1 aromatic carbocycles. The molecule has 1 aromatic heterocycles. The molecule has 0 spiro atoms. The summed E-state index contributed by atoms with van der Waals surface area (Å²) in [5.41, 5.74) is 2.79. The third-order valence-corrected chi connectivity index (χ3v) is 4.45. The van der Waals surface area contributed by atoms with Gasteiger partial charge in [-0.3, -0.25) is 4.79 Å². The second-order valence-electron chi connectivity index (χ2n) is 4.34. The number of carbonyl (C=O) groups excluding carboxylic acids is 1. The van der Waals surface area contributed by atoms with E-state index in [0.29, 0.717) is 5.92 Å². The summed E-state index contributed by atoms with van der Waals surface area (Å²) in [4.78, 5) is 12.1. The molecular formula is C14H14INOS. The number of anilines is 1. The highest BCUT2D eigenvalue weighted by Gasteiger charge is 2.11. The van der Waals surface area contributed by atoms with Crippen molar-refractivity contribution in [2.24, 2.45) is 0 Å². The van der Waals surface area contributed by atoms with Crippen LogP contribution < -0.4 is 5.32 Å². The lowest BCUT2D eigenvalue weighted by atomic mass is 10.0. The topological polar surface area (TPSA) is 29.1 Å². The van der Waals surface area contributed by atoms with Crippen molar-refractivity contribution in [2.75, 3.05) is 5.32 Å². The summed E-state index contributed by atoms with van der Waals surface area (Å²) < 4.78 is 1.12. The van der Waals surface area contributed by atoms with Crippen LogP contribution in [-0.2, 0) is 0 Å². The minimum absolute atomic E-state index is 0.0396. The molecule has 0 saturated heterocycles. The molecule has 2 aromatic rings. The lowest BCUT2D eigenvalue weighted by molar-refractivity contribution is 0.102. The lowest BCUT2D eigenvalue weighted by Gasteiger charge is -2.13. The first kappa shape index (κ1) is 13.5. The first-order valence-corrected chi connectivity index (χ1v) is 7.68. The first-order valence-electron chi connectivity index (χ1n) is 5.72. The minimum Gasteiger partial charge on any atom is -0.322 e. The zero-order valence-corrected chi connectivity index (χ0v) is 13.2. The molecule has 0 aliphatic heterocycles. The van der Waals surface area contributed by atoms with Gasteiger partial charge in [-0.25, -0.2) is 0 Å². The Labute approximate surface area is 125 Å². The van der Waals surface area contributed by atoms with Gasteiger partial charge in [0.25, 0.3) is 5.91 Å². The predicted molar refractivity (Wildman–Crippen MR) is 85.5 cm³/mol. The Morgan fingerprint density at radius 1 is 1.33 bits per heavy atom. The van der Waals surface area contributed by atoms with Gasteiger partial charge in [-0.05, 0) is 46.2 Å². The highest BCUT2D eigenvalue weighted by molar-refractivity contribution is 14.1. The Hall–Kier alpha value is -0.880. The number of carbonyl (C=O) groups is 1. The van der Waals surface area contributed by atoms with Crippen molar-refractivity contribution in [3.05, 3.63) is 49.7 Å². The van der Waals surface area contributed by atoms with Gasteiger partial charge in [0, 0.05) is 11.1 Å². The largest absolute Gasteiger partial charge is 0.322 e. The second kappa shape index (κ2) is 5.84. The van der Waals surface area contributed by atoms with E-state index in [1.165, 1.54) is 0 Å². The molecule has 0 unspecified atom stereocenters. The van der Waals surface area contributed by atoms with Gasteiger partial charge in [-0.2, -0.15) is 0 Å². The van der Waals surface area contributed by atoms with Crippen molar-refractivity contribution in [3.8, 4) is 0 Å². The summed E-state index contributed by atoms with van der Waals surface area (Å²) in [5.74, 6) is 0.353. The van der Waals surface area contributed by atoms with Crippen LogP contribution in [0.1, 0.15) is 35.7 Å². The van der Waals surface area contributed by atoms with Crippen LogP contribution in [0, 0.1) is 2.88 Å². The Kier molecular flexibility index (Phi) is 4.40. The summed E-state index contributed by atoms with van der Waals surface area (Å²) in [6, 6.07) is 9.85. The highest BCUT2D eigenvalue weighted by Crippen LogP contribution is 2.25. The molecule has 1 N–H and O–H groups in total. The number of para-hydroxylation sites is 1. The molecular weight excluding hydrogens is 357 g/mol. The maximum Gasteiger partial charge on any atom is 0.256 e. The molecule has 2 nitrogen and oxygen atoms in total. The summed E-state index contributed by atoms with van der Waals surface area (Å²) in [7, 11) is 0. The molecule has 0 radical (unpaired) electrons. The van der Waals surface area contributed by atoms with Crippen molar-refractivity contribution in [2.45, 2.75) is 19.8 Å². The van der Waals surface area contributed by atoms with Gasteiger partial charge in [-0.15, -0.1) is 11.3 Å². The van der Waals surface area contributed by atoms with Crippen molar-refractivity contribution < 1.29 is 4.79 Å². The summed E-state index contributed by atoms with van der Waals surface area (Å²) in [6.07, 6.45) is 0. The Balaban J connectivity index is 2.22. The van der Waals surface area contributed by atoms with E-state index in [1.54, 1.807) is 11.3 Å². The fraction of sp³-hybridized carbons (Fsp3) is 0.214. The van der Waals surface area contributed by atoms with Crippen LogP contribution in [0.2, 0.25) is 0 Å². The number of thiophene rings is 1. The number of nitrogens with one attached hydrogen (secondary N) is 1. The van der Waals surface area contributed by atoms with E-state index >= 15 is 0 Å². The van der Waals surface area contributed by atoms with Gasteiger partial charge < -0.3 is 5.32 Å². The van der Waals surface area contributed by atoms with Crippen LogP contribution in [0.3, 0.4) is 0 Å². The predicted octanol–water partition coefficient (Wildman–Crippen LogP) is 4.73. The molecule has 1 heterocycles. The summed E-state index contributed by atoms with van der Waals surface area (Å²) in [6.45, 7) is 4.25. The zero-order chi connectivity index (χ0) is 13.1. The zero-order valence-electron chi connectivity index (χ0n) is 10.2. The number of amides is 1. The van der Waals surface area contributed by atoms with Crippen molar-refractivity contribution in [1.29, 1.82) is 0 Å². The third kappa shape index (κ3) is 3.11. The number of hydrogen-bond donors (Lipinski definition) is 1. The Bertz CT molecular complexity index is 562. The minimum atomic E-state index is -0.0396. The Morgan fingerprint density at radius 2 is 2.06 bits per heavy atom. The molecule has 1 amide bonds. The van der Waals surface area contributed by atoms with Gasteiger partial charge >= 0.3 is 0 Å². The average molecular weight is 371 g/mol. The van der Waals surface area contributed by atoms with Crippen LogP contribution in [-0.4, -0.2) is 5.91 Å². The quantitative estimate of drug-likeness (QED) is 0.777. The van der Waals surface area contributed by atoms with Crippen LogP contribution in [0.5, 0.6) is 0 Å². The van der Waals surface area contributed by atoms with Crippen LogP contribution in [0.4, 0.5) is 5.69 Å². The molecule has 0 aliphatic rings. The molecule has 4 heteroatoms. The van der Waals surface area contributed by atoms with Crippen molar-refractivity contribution >= 4 is 45.5 Å². The van der Waals surface area contributed by atoms with Gasteiger partial charge in [0.05, 0.1) is 8.45 Å². The van der Waals surface area contributed by atoms with Crippen LogP contribution in [0.15, 0.2) is 35.7 Å². The normalized spacial score (nSPS) is 10.7. The maximum absolute atomic E-state index is 12.1. The van der Waals surface area contributed by atoms with Crippen LogP contribution in [0.25, 0.3) is 0 Å². The smallest absolute Gasteiger partial charge is 0.256 e. The van der Waals surface area contributed by atoms with Crippen molar-refractivity contribution in [1.82, 2.24) is 0 Å². The van der Waals surface area contributed by atoms with E-state index < -0.39 is 0 Å². The molecule has 2 rings (SSSR count). The SMILES string of the molecule is CC(C)c1ccccc1NC(=O)c1csc(I)c1. The maximum atomic E-state index is 12.1. The number of benzene rings is 1. The number of rotatable bonds is 3. The second-order valence-corrected chi connectivity index (χ2v) is 7.14. The molecule has 94 valence electrons. The van der Waals surface area contributed by atoms with E-state index in [1.807, 2.05) is 29.6 Å². The monoisotopic (exact) mass is 371 g/mol. The lowest BCUT2D eigenvalue weighted by Crippen LogP contribution is -2.12. The first-order chi connectivity index (χ1) is 8.58. The van der Waals surface area contributed by atoms with E-state index in [0.717, 1.165) is 19.7 Å². The van der Waals surface area contributed by atoms with E-state index in [2.05, 4.69) is 47.8 Å². The molecule has 0 saturated carbocycles. The van der Waals surface area contributed by atoms with E-state index in [9.17, 15) is 4.79 Å². The highest BCUT2D eigenvalue weighted by atomic mass is 127.